The molecule has 2 aromatic rings. The van der Waals surface area contributed by atoms with Crippen LogP contribution in [0.2, 0.25) is 0 Å². The van der Waals surface area contributed by atoms with E-state index >= 15 is 0 Å². The molecule has 0 aliphatic carbocycles. The number of hydrogen-bond donors (Lipinski definition) is 1. The smallest absolute Gasteiger partial charge is 0.339 e. The molecule has 0 bridgehead atoms. The molecule has 0 saturated heterocycles. The molecule has 0 fully saturated rings. The van der Waals surface area contributed by atoms with Crippen LogP contribution in [0.15, 0.2) is 48.5 Å². The molecule has 3 nitrogen and oxygen atoms in total. The summed E-state index contributed by atoms with van der Waals surface area (Å²) in [7, 11) is 1.26. The van der Waals surface area contributed by atoms with Crippen molar-refractivity contribution in [1.82, 2.24) is 0 Å². The third kappa shape index (κ3) is 2.83. The zero-order chi connectivity index (χ0) is 13.8. The molecule has 0 amide bonds. The number of ether oxygens (including phenoxy) is 1. The first-order chi connectivity index (χ1) is 9.13. The highest BCUT2D eigenvalue weighted by Crippen LogP contribution is 2.27. The van der Waals surface area contributed by atoms with Crippen molar-refractivity contribution in [2.75, 3.05) is 7.11 Å². The van der Waals surface area contributed by atoms with Gasteiger partial charge in [-0.1, -0.05) is 42.5 Å². The number of aryl methyl sites for hydroxylation is 1. The fraction of sp³-hybridized carbons (Fsp3) is 0.188. The Bertz CT molecular complexity index is 576. The van der Waals surface area contributed by atoms with Gasteiger partial charge in [0.15, 0.2) is 6.10 Å². The number of methoxy groups -OCH3 is 1. The van der Waals surface area contributed by atoms with Gasteiger partial charge in [-0.2, -0.15) is 0 Å². The average molecular weight is 256 g/mol. The average Bonchev–Trinajstić information content (AvgIpc) is 2.47. The van der Waals surface area contributed by atoms with E-state index in [1.54, 1.807) is 6.07 Å². The standard InChI is InChI=1S/C16H16O3/c1-11-8-9-13(15(17)16(18)19-2)10-14(11)12-6-4-3-5-7-12/h3-10,15,17H,1-2H3. The topological polar surface area (TPSA) is 46.5 Å². The normalized spacial score (nSPS) is 11.9. The predicted octanol–water partition coefficient (Wildman–Crippen LogP) is 2.87. The van der Waals surface area contributed by atoms with Crippen molar-refractivity contribution < 1.29 is 14.6 Å². The van der Waals surface area contributed by atoms with Crippen molar-refractivity contribution in [3.8, 4) is 11.1 Å². The van der Waals surface area contributed by atoms with Gasteiger partial charge in [-0.05, 0) is 35.2 Å². The minimum atomic E-state index is -1.24. The maximum atomic E-state index is 11.4. The molecule has 19 heavy (non-hydrogen) atoms. The van der Waals surface area contributed by atoms with E-state index in [1.807, 2.05) is 49.4 Å². The molecule has 1 N–H and O–H groups in total. The number of carbonyl (C=O) groups excluding carboxylic acids is 1. The van der Waals surface area contributed by atoms with Crippen LogP contribution in [0.1, 0.15) is 17.2 Å². The van der Waals surface area contributed by atoms with Crippen molar-refractivity contribution in [2.24, 2.45) is 0 Å². The van der Waals surface area contributed by atoms with Crippen LogP contribution in [0.5, 0.6) is 0 Å². The number of aliphatic hydroxyl groups is 1. The highest BCUT2D eigenvalue weighted by Gasteiger charge is 2.18. The van der Waals surface area contributed by atoms with Crippen molar-refractivity contribution in [3.63, 3.8) is 0 Å². The number of esters is 1. The van der Waals surface area contributed by atoms with E-state index in [2.05, 4.69) is 4.74 Å². The van der Waals surface area contributed by atoms with Crippen molar-refractivity contribution in [1.29, 1.82) is 0 Å². The number of aliphatic hydroxyl groups excluding tert-OH is 1. The lowest BCUT2D eigenvalue weighted by Crippen LogP contribution is -2.13. The molecule has 0 radical (unpaired) electrons. The molecular formula is C16H16O3. The quantitative estimate of drug-likeness (QED) is 0.859. The molecule has 0 heterocycles. The zero-order valence-electron chi connectivity index (χ0n) is 11.0. The van der Waals surface area contributed by atoms with E-state index in [0.717, 1.165) is 16.7 Å². The maximum Gasteiger partial charge on any atom is 0.339 e. The Hall–Kier alpha value is -2.13. The Labute approximate surface area is 112 Å². The number of carbonyl (C=O) groups is 1. The predicted molar refractivity (Wildman–Crippen MR) is 73.6 cm³/mol. The fourth-order valence-electron chi connectivity index (χ4n) is 1.99. The van der Waals surface area contributed by atoms with Gasteiger partial charge in [0.25, 0.3) is 0 Å². The molecule has 0 aliphatic rings. The Morgan fingerprint density at radius 3 is 2.47 bits per heavy atom. The second-order valence-electron chi connectivity index (χ2n) is 4.37. The number of rotatable bonds is 3. The van der Waals surface area contributed by atoms with Gasteiger partial charge in [-0.15, -0.1) is 0 Å². The summed E-state index contributed by atoms with van der Waals surface area (Å²) in [5.41, 5.74) is 3.68. The molecule has 1 atom stereocenters. The molecule has 1 unspecified atom stereocenters. The summed E-state index contributed by atoms with van der Waals surface area (Å²) in [4.78, 5) is 11.4. The van der Waals surface area contributed by atoms with Gasteiger partial charge in [-0.3, -0.25) is 0 Å². The van der Waals surface area contributed by atoms with E-state index in [0.29, 0.717) is 5.56 Å². The highest BCUT2D eigenvalue weighted by atomic mass is 16.5. The Morgan fingerprint density at radius 1 is 1.16 bits per heavy atom. The lowest BCUT2D eigenvalue weighted by atomic mass is 9.96. The molecule has 3 heteroatoms. The summed E-state index contributed by atoms with van der Waals surface area (Å²) >= 11 is 0. The molecular weight excluding hydrogens is 240 g/mol. The Morgan fingerprint density at radius 2 is 1.84 bits per heavy atom. The van der Waals surface area contributed by atoms with Gasteiger partial charge in [0, 0.05) is 0 Å². The lowest BCUT2D eigenvalue weighted by molar-refractivity contribution is -0.150. The van der Waals surface area contributed by atoms with Crippen LogP contribution in [-0.2, 0) is 9.53 Å². The molecule has 0 aliphatic heterocycles. The molecule has 0 saturated carbocycles. The van der Waals surface area contributed by atoms with Gasteiger partial charge in [0.1, 0.15) is 0 Å². The van der Waals surface area contributed by atoms with Crippen LogP contribution in [0.4, 0.5) is 0 Å². The van der Waals surface area contributed by atoms with Gasteiger partial charge in [-0.25, -0.2) is 4.79 Å². The van der Waals surface area contributed by atoms with Crippen molar-refractivity contribution in [2.45, 2.75) is 13.0 Å². The first-order valence-electron chi connectivity index (χ1n) is 6.05. The van der Waals surface area contributed by atoms with Gasteiger partial charge in [0.2, 0.25) is 0 Å². The third-order valence-electron chi connectivity index (χ3n) is 3.09. The fourth-order valence-corrected chi connectivity index (χ4v) is 1.99. The zero-order valence-corrected chi connectivity index (χ0v) is 11.0. The van der Waals surface area contributed by atoms with Gasteiger partial charge < -0.3 is 9.84 Å². The summed E-state index contributed by atoms with van der Waals surface area (Å²) in [5.74, 6) is -0.650. The van der Waals surface area contributed by atoms with Crippen LogP contribution < -0.4 is 0 Å². The van der Waals surface area contributed by atoms with E-state index in [-0.39, 0.29) is 0 Å². The monoisotopic (exact) mass is 256 g/mol. The Kier molecular flexibility index (Phi) is 3.97. The van der Waals surface area contributed by atoms with Crippen molar-refractivity contribution >= 4 is 5.97 Å². The second-order valence-corrected chi connectivity index (χ2v) is 4.37. The van der Waals surface area contributed by atoms with Crippen molar-refractivity contribution in [3.05, 3.63) is 59.7 Å². The van der Waals surface area contributed by atoms with Gasteiger partial charge >= 0.3 is 5.97 Å². The van der Waals surface area contributed by atoms with E-state index in [4.69, 9.17) is 0 Å². The summed E-state index contributed by atoms with van der Waals surface area (Å²) in [5, 5.41) is 9.88. The SMILES string of the molecule is COC(=O)C(O)c1ccc(C)c(-c2ccccc2)c1. The molecule has 2 aromatic carbocycles. The maximum absolute atomic E-state index is 11.4. The summed E-state index contributed by atoms with van der Waals surface area (Å²) in [6.07, 6.45) is -1.24. The largest absolute Gasteiger partial charge is 0.467 e. The summed E-state index contributed by atoms with van der Waals surface area (Å²) in [6.45, 7) is 2.00. The first-order valence-corrected chi connectivity index (χ1v) is 6.05. The van der Waals surface area contributed by atoms with Crippen LogP contribution in [0.3, 0.4) is 0 Å². The van der Waals surface area contributed by atoms with Crippen LogP contribution in [-0.4, -0.2) is 18.2 Å². The van der Waals surface area contributed by atoms with Crippen LogP contribution in [0, 0.1) is 6.92 Å². The second kappa shape index (κ2) is 5.67. The van der Waals surface area contributed by atoms with E-state index in [9.17, 15) is 9.90 Å². The molecule has 0 aromatic heterocycles. The summed E-state index contributed by atoms with van der Waals surface area (Å²) in [6, 6.07) is 15.3. The molecule has 2 rings (SSSR count). The third-order valence-corrected chi connectivity index (χ3v) is 3.09. The van der Waals surface area contributed by atoms with E-state index in [1.165, 1.54) is 7.11 Å². The highest BCUT2D eigenvalue weighted by molar-refractivity contribution is 5.77. The first kappa shape index (κ1) is 13.3. The minimum Gasteiger partial charge on any atom is -0.467 e. The Balaban J connectivity index is 2.43. The van der Waals surface area contributed by atoms with E-state index < -0.39 is 12.1 Å². The number of hydrogen-bond acceptors (Lipinski definition) is 3. The summed E-state index contributed by atoms with van der Waals surface area (Å²) < 4.78 is 4.55. The molecule has 0 spiro atoms. The molecule has 98 valence electrons. The number of benzene rings is 2. The van der Waals surface area contributed by atoms with Crippen LogP contribution >= 0.6 is 0 Å². The lowest BCUT2D eigenvalue weighted by Gasteiger charge is -2.12. The van der Waals surface area contributed by atoms with Gasteiger partial charge in [0.05, 0.1) is 7.11 Å². The minimum absolute atomic E-state index is 0.538. The van der Waals surface area contributed by atoms with Crippen LogP contribution in [0.25, 0.3) is 11.1 Å².